The van der Waals surface area contributed by atoms with E-state index >= 15 is 0 Å². The van der Waals surface area contributed by atoms with Gasteiger partial charge in [-0.25, -0.2) is 9.78 Å². The number of aromatic carboxylic acids is 1. The maximum Gasteiger partial charge on any atom is 0.335 e. The summed E-state index contributed by atoms with van der Waals surface area (Å²) >= 11 is 0. The van der Waals surface area contributed by atoms with Gasteiger partial charge in [-0.3, -0.25) is 0 Å². The van der Waals surface area contributed by atoms with Gasteiger partial charge in [0.25, 0.3) is 0 Å². The Hall–Kier alpha value is -1.84. The molecule has 1 aromatic heterocycles. The highest BCUT2D eigenvalue weighted by Gasteiger charge is 2.23. The van der Waals surface area contributed by atoms with Gasteiger partial charge in [-0.2, -0.15) is 0 Å². The van der Waals surface area contributed by atoms with Crippen LogP contribution in [0, 0.1) is 5.92 Å². The number of hydrogen-bond acceptors (Lipinski definition) is 2. The molecule has 1 saturated carbocycles. The second kappa shape index (κ2) is 5.51. The topological polar surface area (TPSA) is 55.1 Å². The first kappa shape index (κ1) is 14.1. The van der Waals surface area contributed by atoms with Gasteiger partial charge in [0.2, 0.25) is 0 Å². The molecule has 0 atom stereocenters. The van der Waals surface area contributed by atoms with Crippen LogP contribution in [0.15, 0.2) is 18.2 Å². The lowest BCUT2D eigenvalue weighted by molar-refractivity contribution is 0.0697. The van der Waals surface area contributed by atoms with E-state index in [4.69, 9.17) is 5.11 Å². The van der Waals surface area contributed by atoms with E-state index in [2.05, 4.69) is 23.4 Å². The molecule has 0 aliphatic heterocycles. The second-order valence-electron chi connectivity index (χ2n) is 6.17. The van der Waals surface area contributed by atoms with Crippen LogP contribution in [-0.2, 0) is 6.42 Å². The minimum Gasteiger partial charge on any atom is -0.478 e. The lowest BCUT2D eigenvalue weighted by Crippen LogP contribution is -2.18. The number of carboxylic acids is 1. The largest absolute Gasteiger partial charge is 0.478 e. The van der Waals surface area contributed by atoms with Crippen molar-refractivity contribution in [3.05, 3.63) is 29.6 Å². The molecule has 3 rings (SSSR count). The molecule has 1 fully saturated rings. The van der Waals surface area contributed by atoms with Gasteiger partial charge >= 0.3 is 5.97 Å². The highest BCUT2D eigenvalue weighted by Crippen LogP contribution is 2.35. The fraction of sp³-hybridized carbons (Fsp3) is 0.529. The van der Waals surface area contributed by atoms with Crippen molar-refractivity contribution < 1.29 is 9.90 Å². The van der Waals surface area contributed by atoms with Gasteiger partial charge < -0.3 is 9.67 Å². The molecule has 1 aromatic carbocycles. The van der Waals surface area contributed by atoms with Crippen LogP contribution in [-0.4, -0.2) is 20.6 Å². The predicted octanol–water partition coefficient (Wildman–Crippen LogP) is 4.05. The fourth-order valence-corrected chi connectivity index (χ4v) is 3.44. The fourth-order valence-electron chi connectivity index (χ4n) is 3.44. The van der Waals surface area contributed by atoms with E-state index in [0.29, 0.717) is 11.6 Å². The first-order valence-electron chi connectivity index (χ1n) is 7.84. The Morgan fingerprint density at radius 3 is 2.67 bits per heavy atom. The summed E-state index contributed by atoms with van der Waals surface area (Å²) in [7, 11) is 0. The maximum absolute atomic E-state index is 11.1. The molecule has 1 aliphatic rings. The Morgan fingerprint density at radius 2 is 2.05 bits per heavy atom. The van der Waals surface area contributed by atoms with Gasteiger partial charge in [-0.05, 0) is 49.8 Å². The number of aryl methyl sites for hydroxylation is 1. The summed E-state index contributed by atoms with van der Waals surface area (Å²) in [6.07, 6.45) is 5.80. The smallest absolute Gasteiger partial charge is 0.335 e. The first-order chi connectivity index (χ1) is 10.1. The third kappa shape index (κ3) is 2.55. The van der Waals surface area contributed by atoms with Crippen molar-refractivity contribution in [1.82, 2.24) is 9.55 Å². The molecular weight excluding hydrogens is 264 g/mol. The first-order valence-corrected chi connectivity index (χ1v) is 7.84. The molecule has 4 nitrogen and oxygen atoms in total. The summed E-state index contributed by atoms with van der Waals surface area (Å²) in [5.41, 5.74) is 2.20. The van der Waals surface area contributed by atoms with Crippen LogP contribution in [0.4, 0.5) is 0 Å². The van der Waals surface area contributed by atoms with E-state index in [1.54, 1.807) is 12.1 Å². The second-order valence-corrected chi connectivity index (χ2v) is 6.17. The van der Waals surface area contributed by atoms with Crippen LogP contribution >= 0.6 is 0 Å². The van der Waals surface area contributed by atoms with Crippen LogP contribution in [0.25, 0.3) is 11.0 Å². The van der Waals surface area contributed by atoms with Crippen LogP contribution in [0.5, 0.6) is 0 Å². The number of rotatable bonds is 3. The molecule has 0 spiro atoms. The molecule has 0 saturated heterocycles. The molecule has 1 heterocycles. The summed E-state index contributed by atoms with van der Waals surface area (Å²) < 4.78 is 2.35. The number of carbonyl (C=O) groups is 1. The molecule has 2 aromatic rings. The minimum absolute atomic E-state index is 0.312. The summed E-state index contributed by atoms with van der Waals surface area (Å²) in [6.45, 7) is 4.43. The van der Waals surface area contributed by atoms with E-state index < -0.39 is 5.97 Å². The minimum atomic E-state index is -0.893. The number of carboxylic acid groups (broad SMARTS) is 1. The Labute approximate surface area is 124 Å². The zero-order valence-corrected chi connectivity index (χ0v) is 12.7. The highest BCUT2D eigenvalue weighted by molar-refractivity contribution is 5.92. The molecule has 0 radical (unpaired) electrons. The molecule has 1 aliphatic carbocycles. The van der Waals surface area contributed by atoms with Gasteiger partial charge in [0.15, 0.2) is 0 Å². The number of aromatic nitrogens is 2. The third-order valence-corrected chi connectivity index (χ3v) is 4.68. The lowest BCUT2D eigenvalue weighted by atomic mass is 9.87. The number of nitrogens with zero attached hydrogens (tertiary/aromatic N) is 2. The van der Waals surface area contributed by atoms with E-state index in [1.807, 2.05) is 6.07 Å². The van der Waals surface area contributed by atoms with Crippen molar-refractivity contribution in [2.75, 3.05) is 0 Å². The monoisotopic (exact) mass is 286 g/mol. The van der Waals surface area contributed by atoms with Crippen molar-refractivity contribution in [2.24, 2.45) is 5.92 Å². The van der Waals surface area contributed by atoms with Gasteiger partial charge in [0.1, 0.15) is 5.82 Å². The average molecular weight is 286 g/mol. The zero-order chi connectivity index (χ0) is 15.0. The van der Waals surface area contributed by atoms with Crippen molar-refractivity contribution in [3.8, 4) is 0 Å². The van der Waals surface area contributed by atoms with E-state index in [0.717, 1.165) is 29.2 Å². The number of hydrogen-bond donors (Lipinski definition) is 1. The van der Waals surface area contributed by atoms with Crippen molar-refractivity contribution in [3.63, 3.8) is 0 Å². The molecule has 21 heavy (non-hydrogen) atoms. The van der Waals surface area contributed by atoms with Crippen LogP contribution < -0.4 is 0 Å². The number of imidazole rings is 1. The molecule has 0 amide bonds. The van der Waals surface area contributed by atoms with Gasteiger partial charge in [0, 0.05) is 12.5 Å². The summed E-state index contributed by atoms with van der Waals surface area (Å²) in [5.74, 6) is 1.00. The molecule has 0 bridgehead atoms. The Balaban J connectivity index is 2.06. The molecule has 112 valence electrons. The van der Waals surface area contributed by atoms with Crippen LogP contribution in [0.2, 0.25) is 0 Å². The average Bonchev–Trinajstić information content (AvgIpc) is 2.85. The summed E-state index contributed by atoms with van der Waals surface area (Å²) in [5, 5.41) is 9.12. The van der Waals surface area contributed by atoms with Crippen LogP contribution in [0.3, 0.4) is 0 Å². The zero-order valence-electron chi connectivity index (χ0n) is 12.7. The van der Waals surface area contributed by atoms with Crippen molar-refractivity contribution >= 4 is 17.0 Å². The van der Waals surface area contributed by atoms with Crippen molar-refractivity contribution in [2.45, 2.75) is 52.0 Å². The molecule has 0 unspecified atom stereocenters. The lowest BCUT2D eigenvalue weighted by Gasteiger charge is -2.29. The number of benzene rings is 1. The van der Waals surface area contributed by atoms with Crippen molar-refractivity contribution in [1.29, 1.82) is 0 Å². The van der Waals surface area contributed by atoms with Crippen LogP contribution in [0.1, 0.15) is 61.8 Å². The summed E-state index contributed by atoms with van der Waals surface area (Å²) in [4.78, 5) is 15.8. The van der Waals surface area contributed by atoms with Gasteiger partial charge in [-0.15, -0.1) is 0 Å². The maximum atomic E-state index is 11.1. The molecule has 4 heteroatoms. The predicted molar refractivity (Wildman–Crippen MR) is 82.7 cm³/mol. The Morgan fingerprint density at radius 1 is 1.33 bits per heavy atom. The third-order valence-electron chi connectivity index (χ3n) is 4.68. The van der Waals surface area contributed by atoms with Gasteiger partial charge in [0.05, 0.1) is 16.6 Å². The summed E-state index contributed by atoms with van der Waals surface area (Å²) in [6, 6.07) is 5.81. The Bertz CT molecular complexity index is 667. The standard InChI is InChI=1S/C17H22N2O2/c1-3-16-18-14-10-12(17(20)21)6-9-15(14)19(16)13-7-4-11(2)5-8-13/h6,9-11,13H,3-5,7-8H2,1-2H3,(H,20,21). The normalized spacial score (nSPS) is 22.6. The molecule has 1 N–H and O–H groups in total. The number of fused-ring (bicyclic) bond motifs is 1. The van der Waals surface area contributed by atoms with Gasteiger partial charge in [-0.1, -0.05) is 13.8 Å². The van der Waals surface area contributed by atoms with E-state index in [9.17, 15) is 4.79 Å². The quantitative estimate of drug-likeness (QED) is 0.926. The molecular formula is C17H22N2O2. The Kier molecular flexibility index (Phi) is 3.70. The SMILES string of the molecule is CCc1nc2cc(C(=O)O)ccc2n1C1CCC(C)CC1. The van der Waals surface area contributed by atoms with E-state index in [-0.39, 0.29) is 0 Å². The highest BCUT2D eigenvalue weighted by atomic mass is 16.4. The van der Waals surface area contributed by atoms with E-state index in [1.165, 1.54) is 25.7 Å².